The summed E-state index contributed by atoms with van der Waals surface area (Å²) in [6.45, 7) is 5.68. The van der Waals surface area contributed by atoms with E-state index >= 15 is 0 Å². The zero-order valence-electron chi connectivity index (χ0n) is 17.2. The normalized spacial score (nSPS) is 15.3. The molecular weight excluding hydrogens is 376 g/mol. The Balaban J connectivity index is 1.50. The molecule has 0 amide bonds. The van der Waals surface area contributed by atoms with Crippen LogP contribution in [-0.4, -0.2) is 29.1 Å². The summed E-state index contributed by atoms with van der Waals surface area (Å²) in [4.78, 5) is 15.5. The number of fused-ring (bicyclic) bond motifs is 1. The monoisotopic (exact) mass is 402 g/mol. The van der Waals surface area contributed by atoms with E-state index in [1.807, 2.05) is 0 Å². The van der Waals surface area contributed by atoms with Gasteiger partial charge in [-0.1, -0.05) is 23.8 Å². The molecule has 0 aliphatic carbocycles. The van der Waals surface area contributed by atoms with Crippen LogP contribution in [0.1, 0.15) is 38.7 Å². The molecule has 1 aliphatic heterocycles. The molecule has 3 aromatic rings. The highest BCUT2D eigenvalue weighted by Crippen LogP contribution is 2.29. The van der Waals surface area contributed by atoms with Crippen LogP contribution in [0.5, 0.6) is 0 Å². The minimum atomic E-state index is -0.959. The molecule has 0 saturated carbocycles. The largest absolute Gasteiger partial charge is 0.478 e. The summed E-state index contributed by atoms with van der Waals surface area (Å²) in [7, 11) is 0. The number of aromatic carboxylic acids is 1. The Morgan fingerprint density at radius 2 is 2.03 bits per heavy atom. The van der Waals surface area contributed by atoms with Crippen molar-refractivity contribution in [1.29, 1.82) is 0 Å². The van der Waals surface area contributed by atoms with Crippen molar-refractivity contribution >= 4 is 23.0 Å². The molecule has 0 radical (unpaired) electrons. The Morgan fingerprint density at radius 3 is 2.83 bits per heavy atom. The Bertz CT molecular complexity index is 1080. The molecule has 6 heteroatoms. The second-order valence-corrected chi connectivity index (χ2v) is 7.72. The Morgan fingerprint density at radius 1 is 1.17 bits per heavy atom. The SMILES string of the molecule is Cc1ccc(Nc2ccc3c(c2)CCN[C@@H]3CNc2cnccc2C(=O)O)c(C)c1. The summed E-state index contributed by atoms with van der Waals surface area (Å²) in [6, 6.07) is 14.5. The number of benzene rings is 2. The highest BCUT2D eigenvalue weighted by atomic mass is 16.4. The number of rotatable bonds is 6. The van der Waals surface area contributed by atoms with E-state index in [1.54, 1.807) is 6.20 Å². The quantitative estimate of drug-likeness (QED) is 0.488. The summed E-state index contributed by atoms with van der Waals surface area (Å²) in [6.07, 6.45) is 4.01. The summed E-state index contributed by atoms with van der Waals surface area (Å²) >= 11 is 0. The number of nitrogens with zero attached hydrogens (tertiary/aromatic N) is 1. The van der Waals surface area contributed by atoms with E-state index in [0.29, 0.717) is 12.2 Å². The van der Waals surface area contributed by atoms with Crippen molar-refractivity contribution in [3.8, 4) is 0 Å². The van der Waals surface area contributed by atoms with E-state index in [0.717, 1.165) is 24.3 Å². The molecule has 0 saturated heterocycles. The molecule has 2 heterocycles. The molecule has 30 heavy (non-hydrogen) atoms. The molecule has 4 rings (SSSR count). The van der Waals surface area contributed by atoms with Crippen LogP contribution in [-0.2, 0) is 6.42 Å². The van der Waals surface area contributed by atoms with Gasteiger partial charge in [-0.15, -0.1) is 0 Å². The van der Waals surface area contributed by atoms with E-state index in [9.17, 15) is 9.90 Å². The van der Waals surface area contributed by atoms with Gasteiger partial charge in [0.05, 0.1) is 17.4 Å². The molecule has 1 atom stereocenters. The molecule has 0 bridgehead atoms. The van der Waals surface area contributed by atoms with Gasteiger partial charge < -0.3 is 21.1 Å². The maximum absolute atomic E-state index is 11.4. The Hall–Kier alpha value is -3.38. The van der Waals surface area contributed by atoms with Crippen LogP contribution in [0.3, 0.4) is 0 Å². The van der Waals surface area contributed by atoms with Crippen LogP contribution in [0.4, 0.5) is 17.1 Å². The van der Waals surface area contributed by atoms with E-state index in [4.69, 9.17) is 0 Å². The number of nitrogens with one attached hydrogen (secondary N) is 3. The third-order valence-corrected chi connectivity index (χ3v) is 5.51. The average Bonchev–Trinajstić information content (AvgIpc) is 2.74. The number of carboxylic acid groups (broad SMARTS) is 1. The van der Waals surface area contributed by atoms with E-state index in [1.165, 1.54) is 34.5 Å². The number of pyridine rings is 1. The van der Waals surface area contributed by atoms with Crippen LogP contribution < -0.4 is 16.0 Å². The van der Waals surface area contributed by atoms with Crippen LogP contribution in [0, 0.1) is 13.8 Å². The van der Waals surface area contributed by atoms with Crippen LogP contribution in [0.25, 0.3) is 0 Å². The average molecular weight is 402 g/mol. The summed E-state index contributed by atoms with van der Waals surface area (Å²) in [5, 5.41) is 19.7. The van der Waals surface area contributed by atoms with Gasteiger partial charge >= 0.3 is 5.97 Å². The van der Waals surface area contributed by atoms with Gasteiger partial charge in [0.25, 0.3) is 0 Å². The fraction of sp³-hybridized carbons (Fsp3) is 0.250. The van der Waals surface area contributed by atoms with Gasteiger partial charge in [0.1, 0.15) is 0 Å². The van der Waals surface area contributed by atoms with Gasteiger partial charge in [-0.3, -0.25) is 4.98 Å². The van der Waals surface area contributed by atoms with Gasteiger partial charge in [0.2, 0.25) is 0 Å². The topological polar surface area (TPSA) is 86.3 Å². The third kappa shape index (κ3) is 4.28. The second-order valence-electron chi connectivity index (χ2n) is 7.72. The molecule has 0 fully saturated rings. The van der Waals surface area contributed by atoms with Crippen LogP contribution in [0.2, 0.25) is 0 Å². The Labute approximate surface area is 176 Å². The zero-order valence-corrected chi connectivity index (χ0v) is 17.2. The van der Waals surface area contributed by atoms with Crippen molar-refractivity contribution < 1.29 is 9.90 Å². The summed E-state index contributed by atoms with van der Waals surface area (Å²) in [5.41, 5.74) is 7.98. The fourth-order valence-electron chi connectivity index (χ4n) is 3.96. The minimum absolute atomic E-state index is 0.103. The standard InChI is InChI=1S/C24H26N4O2/c1-15-3-6-21(16(2)11-15)28-18-4-5-19-17(12-18)7-10-26-23(19)14-27-22-13-25-9-8-20(22)24(29)30/h3-6,8-9,11-13,23,26-28H,7,10,14H2,1-2H3,(H,29,30)/t23-/m1/s1. The number of aryl methyl sites for hydroxylation is 2. The van der Waals surface area contributed by atoms with Crippen molar-refractivity contribution in [3.63, 3.8) is 0 Å². The molecule has 1 aromatic heterocycles. The first kappa shape index (κ1) is 19.9. The van der Waals surface area contributed by atoms with Crippen molar-refractivity contribution in [3.05, 3.63) is 82.7 Å². The lowest BCUT2D eigenvalue weighted by molar-refractivity contribution is 0.0697. The van der Waals surface area contributed by atoms with Crippen molar-refractivity contribution in [1.82, 2.24) is 10.3 Å². The van der Waals surface area contributed by atoms with E-state index in [2.05, 4.69) is 71.2 Å². The molecule has 1 aliphatic rings. The smallest absolute Gasteiger partial charge is 0.337 e. The van der Waals surface area contributed by atoms with E-state index < -0.39 is 5.97 Å². The predicted octanol–water partition coefficient (Wildman–Crippen LogP) is 4.44. The predicted molar refractivity (Wildman–Crippen MR) is 120 cm³/mol. The second kappa shape index (κ2) is 8.55. The molecule has 6 nitrogen and oxygen atoms in total. The van der Waals surface area contributed by atoms with Crippen LogP contribution >= 0.6 is 0 Å². The summed E-state index contributed by atoms with van der Waals surface area (Å²) < 4.78 is 0. The summed E-state index contributed by atoms with van der Waals surface area (Å²) in [5.74, 6) is -0.959. The number of hydrogen-bond donors (Lipinski definition) is 4. The van der Waals surface area contributed by atoms with Gasteiger partial charge in [-0.2, -0.15) is 0 Å². The van der Waals surface area contributed by atoms with Gasteiger partial charge in [-0.25, -0.2) is 4.79 Å². The zero-order chi connectivity index (χ0) is 21.1. The number of carbonyl (C=O) groups is 1. The molecule has 4 N–H and O–H groups in total. The molecule has 154 valence electrons. The molecule has 0 unspecified atom stereocenters. The molecular formula is C24H26N4O2. The maximum atomic E-state index is 11.4. The highest BCUT2D eigenvalue weighted by Gasteiger charge is 2.21. The maximum Gasteiger partial charge on any atom is 0.337 e. The molecule has 2 aromatic carbocycles. The van der Waals surface area contributed by atoms with Gasteiger partial charge in [0.15, 0.2) is 0 Å². The number of anilines is 3. The van der Waals surface area contributed by atoms with E-state index in [-0.39, 0.29) is 11.6 Å². The number of aromatic nitrogens is 1. The Kier molecular flexibility index (Phi) is 5.68. The number of hydrogen-bond acceptors (Lipinski definition) is 5. The fourth-order valence-corrected chi connectivity index (χ4v) is 3.96. The lowest BCUT2D eigenvalue weighted by atomic mass is 9.93. The van der Waals surface area contributed by atoms with Crippen molar-refractivity contribution in [2.24, 2.45) is 0 Å². The third-order valence-electron chi connectivity index (χ3n) is 5.51. The highest BCUT2D eigenvalue weighted by molar-refractivity contribution is 5.93. The van der Waals surface area contributed by atoms with Crippen LogP contribution in [0.15, 0.2) is 54.9 Å². The number of carboxylic acids is 1. The minimum Gasteiger partial charge on any atom is -0.478 e. The first-order valence-electron chi connectivity index (χ1n) is 10.1. The first-order valence-corrected chi connectivity index (χ1v) is 10.1. The first-order chi connectivity index (χ1) is 14.5. The lowest BCUT2D eigenvalue weighted by Gasteiger charge is -2.28. The van der Waals surface area contributed by atoms with Crippen molar-refractivity contribution in [2.75, 3.05) is 23.7 Å². The van der Waals surface area contributed by atoms with Crippen molar-refractivity contribution in [2.45, 2.75) is 26.3 Å². The van der Waals surface area contributed by atoms with Gasteiger partial charge in [0, 0.05) is 30.2 Å². The molecule has 0 spiro atoms. The van der Waals surface area contributed by atoms with Gasteiger partial charge in [-0.05, 0) is 67.8 Å². The lowest BCUT2D eigenvalue weighted by Crippen LogP contribution is -2.34.